The van der Waals surface area contributed by atoms with Gasteiger partial charge in [0.2, 0.25) is 0 Å². The second-order valence-electron chi connectivity index (χ2n) is 5.85. The first-order valence-corrected chi connectivity index (χ1v) is 8.08. The number of halogens is 1. The summed E-state index contributed by atoms with van der Waals surface area (Å²) >= 11 is 5.85. The van der Waals surface area contributed by atoms with E-state index in [-0.39, 0.29) is 17.6 Å². The van der Waals surface area contributed by atoms with Crippen molar-refractivity contribution in [2.45, 2.75) is 19.8 Å². The van der Waals surface area contributed by atoms with Gasteiger partial charge < -0.3 is 9.32 Å². The van der Waals surface area contributed by atoms with Gasteiger partial charge in [0, 0.05) is 29.6 Å². The number of piperidine rings is 1. The molecule has 1 fully saturated rings. The number of furan rings is 1. The van der Waals surface area contributed by atoms with Crippen molar-refractivity contribution in [3.8, 4) is 0 Å². The van der Waals surface area contributed by atoms with Crippen LogP contribution in [0.25, 0.3) is 0 Å². The van der Waals surface area contributed by atoms with Crippen LogP contribution in [-0.2, 0) is 0 Å². The maximum atomic E-state index is 12.5. The molecule has 3 rings (SSSR count). The maximum absolute atomic E-state index is 12.5. The van der Waals surface area contributed by atoms with E-state index in [2.05, 4.69) is 0 Å². The van der Waals surface area contributed by atoms with Crippen LogP contribution in [0.5, 0.6) is 0 Å². The summed E-state index contributed by atoms with van der Waals surface area (Å²) in [6.07, 6.45) is 1.35. The number of benzene rings is 1. The highest BCUT2D eigenvalue weighted by molar-refractivity contribution is 6.30. The molecule has 0 saturated carbocycles. The van der Waals surface area contributed by atoms with Gasteiger partial charge in [-0.1, -0.05) is 11.6 Å². The molecule has 0 radical (unpaired) electrons. The monoisotopic (exact) mass is 331 g/mol. The van der Waals surface area contributed by atoms with E-state index in [4.69, 9.17) is 16.0 Å². The van der Waals surface area contributed by atoms with E-state index in [9.17, 15) is 9.59 Å². The van der Waals surface area contributed by atoms with Crippen LogP contribution in [0, 0.1) is 12.8 Å². The number of Topliss-reactive ketones (excluding diaryl/α,β-unsaturated/α-hetero) is 1. The Labute approximate surface area is 140 Å². The third kappa shape index (κ3) is 3.48. The summed E-state index contributed by atoms with van der Waals surface area (Å²) < 4.78 is 5.38. The van der Waals surface area contributed by atoms with Gasteiger partial charge in [0.25, 0.3) is 5.91 Å². The zero-order chi connectivity index (χ0) is 16.4. The zero-order valence-electron chi connectivity index (χ0n) is 12.9. The number of carbonyl (C=O) groups is 2. The van der Waals surface area contributed by atoms with Gasteiger partial charge in [-0.25, -0.2) is 0 Å². The van der Waals surface area contributed by atoms with E-state index in [0.717, 1.165) is 5.76 Å². The normalized spacial score (nSPS) is 15.7. The van der Waals surface area contributed by atoms with Crippen molar-refractivity contribution in [1.29, 1.82) is 0 Å². The molecular weight excluding hydrogens is 314 g/mol. The van der Waals surface area contributed by atoms with Gasteiger partial charge in [-0.2, -0.15) is 0 Å². The number of rotatable bonds is 3. The molecule has 0 aliphatic carbocycles. The molecule has 1 aromatic carbocycles. The standard InChI is InChI=1S/C18H18ClNO3/c1-12-2-7-16(23-12)18(22)20-10-8-14(9-11-20)17(21)13-3-5-15(19)6-4-13/h2-7,14H,8-11H2,1H3. The number of aryl methyl sites for hydroxylation is 1. The molecule has 0 atom stereocenters. The van der Waals surface area contributed by atoms with Crippen molar-refractivity contribution in [2.24, 2.45) is 5.92 Å². The molecule has 0 N–H and O–H groups in total. The Morgan fingerprint density at radius 2 is 1.74 bits per heavy atom. The topological polar surface area (TPSA) is 50.5 Å². The van der Waals surface area contributed by atoms with E-state index in [1.54, 1.807) is 41.3 Å². The van der Waals surface area contributed by atoms with E-state index < -0.39 is 0 Å². The Bertz CT molecular complexity index is 712. The van der Waals surface area contributed by atoms with E-state index >= 15 is 0 Å². The van der Waals surface area contributed by atoms with Crippen LogP contribution in [0.4, 0.5) is 0 Å². The zero-order valence-corrected chi connectivity index (χ0v) is 13.7. The van der Waals surface area contributed by atoms with Crippen molar-refractivity contribution in [2.75, 3.05) is 13.1 Å². The number of amides is 1. The lowest BCUT2D eigenvalue weighted by Gasteiger charge is -2.30. The minimum Gasteiger partial charge on any atom is -0.456 e. The minimum absolute atomic E-state index is 0.0430. The molecule has 0 spiro atoms. The van der Waals surface area contributed by atoms with E-state index in [1.165, 1.54) is 0 Å². The van der Waals surface area contributed by atoms with Gasteiger partial charge in [0.1, 0.15) is 5.76 Å². The van der Waals surface area contributed by atoms with Gasteiger partial charge in [-0.05, 0) is 56.2 Å². The van der Waals surface area contributed by atoms with Crippen molar-refractivity contribution in [3.05, 3.63) is 58.5 Å². The molecule has 5 heteroatoms. The third-order valence-electron chi connectivity index (χ3n) is 4.23. The SMILES string of the molecule is Cc1ccc(C(=O)N2CCC(C(=O)c3ccc(Cl)cc3)CC2)o1. The second-order valence-corrected chi connectivity index (χ2v) is 6.28. The number of hydrogen-bond acceptors (Lipinski definition) is 3. The molecule has 1 aliphatic rings. The average molecular weight is 332 g/mol. The van der Waals surface area contributed by atoms with Crippen molar-refractivity contribution in [3.63, 3.8) is 0 Å². The number of ketones is 1. The highest BCUT2D eigenvalue weighted by Gasteiger charge is 2.29. The van der Waals surface area contributed by atoms with Gasteiger partial charge >= 0.3 is 0 Å². The van der Waals surface area contributed by atoms with Crippen LogP contribution in [0.3, 0.4) is 0 Å². The summed E-state index contributed by atoms with van der Waals surface area (Å²) in [5.74, 6) is 1.07. The quantitative estimate of drug-likeness (QED) is 0.799. The molecule has 1 amide bonds. The summed E-state index contributed by atoms with van der Waals surface area (Å²) in [6.45, 7) is 2.96. The first-order chi connectivity index (χ1) is 11.0. The Morgan fingerprint density at radius 1 is 1.09 bits per heavy atom. The van der Waals surface area contributed by atoms with Crippen molar-refractivity contribution < 1.29 is 14.0 Å². The summed E-state index contributed by atoms with van der Waals surface area (Å²) in [7, 11) is 0. The summed E-state index contributed by atoms with van der Waals surface area (Å²) in [5.41, 5.74) is 0.681. The molecule has 0 bridgehead atoms. The van der Waals surface area contributed by atoms with Crippen molar-refractivity contribution in [1.82, 2.24) is 4.90 Å². The Morgan fingerprint density at radius 3 is 2.30 bits per heavy atom. The second kappa shape index (κ2) is 6.59. The molecule has 2 heterocycles. The molecule has 1 aromatic heterocycles. The van der Waals surface area contributed by atoms with E-state index in [1.807, 2.05) is 6.92 Å². The van der Waals surface area contributed by atoms with Crippen LogP contribution < -0.4 is 0 Å². The fourth-order valence-corrected chi connectivity index (χ4v) is 3.03. The number of nitrogens with zero attached hydrogens (tertiary/aromatic N) is 1. The van der Waals surface area contributed by atoms with Gasteiger partial charge in [-0.3, -0.25) is 9.59 Å². The lowest BCUT2D eigenvalue weighted by Crippen LogP contribution is -2.40. The molecule has 0 unspecified atom stereocenters. The molecular formula is C18H18ClNO3. The Hall–Kier alpha value is -2.07. The fraction of sp³-hybridized carbons (Fsp3) is 0.333. The highest BCUT2D eigenvalue weighted by atomic mass is 35.5. The number of hydrogen-bond donors (Lipinski definition) is 0. The van der Waals surface area contributed by atoms with Crippen LogP contribution >= 0.6 is 11.6 Å². The van der Waals surface area contributed by atoms with Gasteiger partial charge in [-0.15, -0.1) is 0 Å². The molecule has 120 valence electrons. The molecule has 23 heavy (non-hydrogen) atoms. The smallest absolute Gasteiger partial charge is 0.289 e. The Balaban J connectivity index is 1.61. The Kier molecular flexibility index (Phi) is 4.53. The van der Waals surface area contributed by atoms with Gasteiger partial charge in [0.15, 0.2) is 11.5 Å². The summed E-state index contributed by atoms with van der Waals surface area (Å²) in [5, 5.41) is 0.621. The molecule has 4 nitrogen and oxygen atoms in total. The van der Waals surface area contributed by atoms with E-state index in [0.29, 0.717) is 42.3 Å². The summed E-state index contributed by atoms with van der Waals surface area (Å²) in [4.78, 5) is 26.6. The first kappa shape index (κ1) is 15.8. The first-order valence-electron chi connectivity index (χ1n) is 7.70. The number of likely N-dealkylation sites (tertiary alicyclic amines) is 1. The molecule has 1 aliphatic heterocycles. The molecule has 2 aromatic rings. The number of carbonyl (C=O) groups excluding carboxylic acids is 2. The van der Waals surface area contributed by atoms with Crippen LogP contribution in [0.1, 0.15) is 39.5 Å². The van der Waals surface area contributed by atoms with Crippen LogP contribution in [0.2, 0.25) is 5.02 Å². The third-order valence-corrected chi connectivity index (χ3v) is 4.48. The lowest BCUT2D eigenvalue weighted by molar-refractivity contribution is 0.0623. The highest BCUT2D eigenvalue weighted by Crippen LogP contribution is 2.24. The molecule has 1 saturated heterocycles. The predicted molar refractivity (Wildman–Crippen MR) is 87.9 cm³/mol. The van der Waals surface area contributed by atoms with Crippen LogP contribution in [-0.4, -0.2) is 29.7 Å². The van der Waals surface area contributed by atoms with Crippen molar-refractivity contribution >= 4 is 23.3 Å². The van der Waals surface area contributed by atoms with Crippen LogP contribution in [0.15, 0.2) is 40.8 Å². The largest absolute Gasteiger partial charge is 0.456 e. The minimum atomic E-state index is -0.101. The summed E-state index contributed by atoms with van der Waals surface area (Å²) in [6, 6.07) is 10.5. The average Bonchev–Trinajstić information content (AvgIpc) is 3.01. The van der Waals surface area contributed by atoms with Gasteiger partial charge in [0.05, 0.1) is 0 Å². The predicted octanol–water partition coefficient (Wildman–Crippen LogP) is 3.98. The maximum Gasteiger partial charge on any atom is 0.289 e. The fourth-order valence-electron chi connectivity index (χ4n) is 2.90. The lowest BCUT2D eigenvalue weighted by atomic mass is 9.89.